The maximum Gasteiger partial charge on any atom is 0.0873 e. The summed E-state index contributed by atoms with van der Waals surface area (Å²) in [5, 5.41) is 10.7. The molecule has 0 aliphatic rings. The Kier molecular flexibility index (Phi) is 5.38. The molecular weight excluding hydrogens is 382 g/mol. The highest BCUT2D eigenvalue weighted by atomic mass is 79.9. The van der Waals surface area contributed by atoms with Gasteiger partial charge in [0, 0.05) is 21.4 Å². The van der Waals surface area contributed by atoms with Crippen LogP contribution < -0.4 is 5.73 Å². The van der Waals surface area contributed by atoms with Gasteiger partial charge in [0.1, 0.15) is 0 Å². The van der Waals surface area contributed by atoms with Gasteiger partial charge in [0.2, 0.25) is 0 Å². The van der Waals surface area contributed by atoms with Crippen LogP contribution in [0.15, 0.2) is 51.4 Å². The predicted octanol–water partition coefficient (Wildman–Crippen LogP) is 4.30. The van der Waals surface area contributed by atoms with E-state index in [2.05, 4.69) is 31.9 Å². The Hall–Kier alpha value is -0.680. The van der Waals surface area contributed by atoms with Crippen LogP contribution in [0.2, 0.25) is 0 Å². The van der Waals surface area contributed by atoms with E-state index < -0.39 is 6.10 Å². The smallest absolute Gasteiger partial charge is 0.0873 e. The topological polar surface area (TPSA) is 46.2 Å². The van der Waals surface area contributed by atoms with Crippen LogP contribution in [0.4, 0.5) is 0 Å². The van der Waals surface area contributed by atoms with Crippen LogP contribution in [-0.2, 0) is 0 Å². The first-order valence-electron chi connectivity index (χ1n) is 6.43. The molecule has 0 amide bonds. The first-order chi connectivity index (χ1) is 9.54. The van der Waals surface area contributed by atoms with E-state index in [1.165, 1.54) is 0 Å². The standard InChI is InChI=1S/C16H17Br2NO/c1-10-13(6-3-7-15(10)18)16(20)14(9-19)11-4-2-5-12(17)8-11/h2-8,14,16,20H,9,19H2,1H3. The average Bonchev–Trinajstić information content (AvgIpc) is 2.42. The number of benzene rings is 2. The van der Waals surface area contributed by atoms with Crippen LogP contribution in [0.5, 0.6) is 0 Å². The van der Waals surface area contributed by atoms with Crippen LogP contribution in [0.25, 0.3) is 0 Å². The molecule has 0 aliphatic carbocycles. The first kappa shape index (κ1) is 15.7. The Morgan fingerprint density at radius 1 is 1.15 bits per heavy atom. The molecule has 2 atom stereocenters. The normalized spacial score (nSPS) is 14.1. The molecule has 0 heterocycles. The molecule has 0 bridgehead atoms. The average molecular weight is 399 g/mol. The number of nitrogens with two attached hydrogens (primary N) is 1. The Morgan fingerprint density at radius 3 is 2.50 bits per heavy atom. The maximum absolute atomic E-state index is 10.7. The fourth-order valence-electron chi connectivity index (χ4n) is 2.35. The molecule has 106 valence electrons. The van der Waals surface area contributed by atoms with Crippen molar-refractivity contribution in [2.24, 2.45) is 5.73 Å². The van der Waals surface area contributed by atoms with E-state index in [1.807, 2.05) is 49.4 Å². The second-order valence-corrected chi connectivity index (χ2v) is 6.57. The van der Waals surface area contributed by atoms with Crippen molar-refractivity contribution >= 4 is 31.9 Å². The Morgan fingerprint density at radius 2 is 1.85 bits per heavy atom. The lowest BCUT2D eigenvalue weighted by molar-refractivity contribution is 0.146. The third-order valence-electron chi connectivity index (χ3n) is 3.54. The van der Waals surface area contributed by atoms with E-state index >= 15 is 0 Å². The third kappa shape index (κ3) is 3.31. The molecule has 0 saturated heterocycles. The highest BCUT2D eigenvalue weighted by molar-refractivity contribution is 9.10. The van der Waals surface area contributed by atoms with Gasteiger partial charge in [0.25, 0.3) is 0 Å². The minimum Gasteiger partial charge on any atom is -0.388 e. The summed E-state index contributed by atoms with van der Waals surface area (Å²) in [5.41, 5.74) is 8.89. The zero-order valence-electron chi connectivity index (χ0n) is 11.2. The number of halogens is 2. The number of rotatable bonds is 4. The van der Waals surface area contributed by atoms with Crippen LogP contribution in [0.1, 0.15) is 28.7 Å². The predicted molar refractivity (Wildman–Crippen MR) is 89.8 cm³/mol. The van der Waals surface area contributed by atoms with Gasteiger partial charge in [0.05, 0.1) is 6.10 Å². The summed E-state index contributed by atoms with van der Waals surface area (Å²) in [5.74, 6) is -0.125. The molecule has 2 aromatic carbocycles. The van der Waals surface area contributed by atoms with E-state index in [0.29, 0.717) is 6.54 Å². The molecule has 3 N–H and O–H groups in total. The van der Waals surface area contributed by atoms with Crippen molar-refractivity contribution in [3.05, 3.63) is 68.1 Å². The fraction of sp³-hybridized carbons (Fsp3) is 0.250. The van der Waals surface area contributed by atoms with Gasteiger partial charge in [-0.2, -0.15) is 0 Å². The second-order valence-electron chi connectivity index (χ2n) is 4.80. The lowest BCUT2D eigenvalue weighted by Gasteiger charge is -2.24. The number of hydrogen-bond donors (Lipinski definition) is 2. The van der Waals surface area contributed by atoms with Gasteiger partial charge in [0.15, 0.2) is 0 Å². The van der Waals surface area contributed by atoms with Gasteiger partial charge in [-0.25, -0.2) is 0 Å². The quantitative estimate of drug-likeness (QED) is 0.806. The molecule has 4 heteroatoms. The molecule has 0 spiro atoms. The molecule has 2 nitrogen and oxygen atoms in total. The summed E-state index contributed by atoms with van der Waals surface area (Å²) in [6, 6.07) is 13.8. The van der Waals surface area contributed by atoms with E-state index in [-0.39, 0.29) is 5.92 Å². The minimum atomic E-state index is -0.619. The number of aliphatic hydroxyl groups is 1. The molecular formula is C16H17Br2NO. The van der Waals surface area contributed by atoms with Gasteiger partial charge in [-0.05, 0) is 41.8 Å². The molecule has 2 unspecified atom stereocenters. The van der Waals surface area contributed by atoms with E-state index in [9.17, 15) is 5.11 Å². The highest BCUT2D eigenvalue weighted by Crippen LogP contribution is 2.34. The lowest BCUT2D eigenvalue weighted by atomic mass is 9.87. The van der Waals surface area contributed by atoms with Gasteiger partial charge < -0.3 is 10.8 Å². The van der Waals surface area contributed by atoms with Crippen LogP contribution >= 0.6 is 31.9 Å². The minimum absolute atomic E-state index is 0.125. The first-order valence-corrected chi connectivity index (χ1v) is 8.01. The monoisotopic (exact) mass is 397 g/mol. The van der Waals surface area contributed by atoms with Crippen molar-refractivity contribution < 1.29 is 5.11 Å². The van der Waals surface area contributed by atoms with Crippen molar-refractivity contribution in [1.82, 2.24) is 0 Å². The van der Waals surface area contributed by atoms with Gasteiger partial charge in [-0.1, -0.05) is 56.1 Å². The molecule has 2 rings (SSSR count). The summed E-state index contributed by atoms with van der Waals surface area (Å²) in [4.78, 5) is 0. The Bertz CT molecular complexity index is 601. The van der Waals surface area contributed by atoms with Crippen molar-refractivity contribution in [2.45, 2.75) is 18.9 Å². The van der Waals surface area contributed by atoms with Crippen LogP contribution in [0, 0.1) is 6.92 Å². The van der Waals surface area contributed by atoms with E-state index in [1.54, 1.807) is 0 Å². The molecule has 0 aliphatic heterocycles. The van der Waals surface area contributed by atoms with Gasteiger partial charge >= 0.3 is 0 Å². The highest BCUT2D eigenvalue weighted by Gasteiger charge is 2.23. The fourth-order valence-corrected chi connectivity index (χ4v) is 3.14. The van der Waals surface area contributed by atoms with Crippen molar-refractivity contribution in [2.75, 3.05) is 6.54 Å². The SMILES string of the molecule is Cc1c(Br)cccc1C(O)C(CN)c1cccc(Br)c1. The van der Waals surface area contributed by atoms with E-state index in [0.717, 1.165) is 25.6 Å². The summed E-state index contributed by atoms with van der Waals surface area (Å²) in [6.07, 6.45) is -0.619. The van der Waals surface area contributed by atoms with Crippen LogP contribution in [-0.4, -0.2) is 11.7 Å². The molecule has 0 fully saturated rings. The van der Waals surface area contributed by atoms with Crippen LogP contribution in [0.3, 0.4) is 0 Å². The summed E-state index contributed by atoms with van der Waals surface area (Å²) < 4.78 is 1.99. The summed E-state index contributed by atoms with van der Waals surface area (Å²) in [7, 11) is 0. The van der Waals surface area contributed by atoms with Gasteiger partial charge in [-0.15, -0.1) is 0 Å². The largest absolute Gasteiger partial charge is 0.388 e. The zero-order valence-corrected chi connectivity index (χ0v) is 14.4. The molecule has 0 saturated carbocycles. The molecule has 20 heavy (non-hydrogen) atoms. The van der Waals surface area contributed by atoms with Crippen molar-refractivity contribution in [3.8, 4) is 0 Å². The number of hydrogen-bond acceptors (Lipinski definition) is 2. The summed E-state index contributed by atoms with van der Waals surface area (Å²) >= 11 is 6.96. The molecule has 0 radical (unpaired) electrons. The molecule has 0 aromatic heterocycles. The second kappa shape index (κ2) is 6.85. The molecule has 2 aromatic rings. The lowest BCUT2D eigenvalue weighted by Crippen LogP contribution is -2.20. The van der Waals surface area contributed by atoms with Gasteiger partial charge in [-0.3, -0.25) is 0 Å². The third-order valence-corrected chi connectivity index (χ3v) is 4.89. The Balaban J connectivity index is 2.39. The zero-order chi connectivity index (χ0) is 14.7. The van der Waals surface area contributed by atoms with Crippen molar-refractivity contribution in [3.63, 3.8) is 0 Å². The Labute approximate surface area is 136 Å². The maximum atomic E-state index is 10.7. The summed E-state index contributed by atoms with van der Waals surface area (Å²) in [6.45, 7) is 2.39. The number of aliphatic hydroxyl groups excluding tert-OH is 1. The van der Waals surface area contributed by atoms with E-state index in [4.69, 9.17) is 5.73 Å². The van der Waals surface area contributed by atoms with Crippen molar-refractivity contribution in [1.29, 1.82) is 0 Å².